The average Bonchev–Trinajstić information content (AvgIpc) is 3.57. The Morgan fingerprint density at radius 2 is 1.29 bits per heavy atom. The largest absolute Gasteiger partial charge is 0.382 e. The van der Waals surface area contributed by atoms with E-state index in [-0.39, 0.29) is 0 Å². The van der Waals surface area contributed by atoms with Crippen LogP contribution in [0.25, 0.3) is 21.5 Å². The van der Waals surface area contributed by atoms with Crippen LogP contribution in [0, 0.1) is 6.92 Å². The van der Waals surface area contributed by atoms with Gasteiger partial charge in [0.05, 0.1) is 28.4 Å². The third kappa shape index (κ3) is 7.83. The van der Waals surface area contributed by atoms with Gasteiger partial charge in [-0.05, 0) is 74.7 Å². The number of hydrogen-bond donors (Lipinski definition) is 5. The molecular weight excluding hydrogens is 615 g/mol. The Bertz CT molecular complexity index is 2020. The molecule has 0 amide bonds. The normalized spacial score (nSPS) is 12.0. The molecule has 0 saturated carbocycles. The van der Waals surface area contributed by atoms with Crippen LogP contribution >= 0.6 is 11.3 Å². The van der Waals surface area contributed by atoms with E-state index in [1.54, 1.807) is 11.3 Å². The summed E-state index contributed by atoms with van der Waals surface area (Å²) in [5.41, 5.74) is 19.9. The highest BCUT2D eigenvalue weighted by Gasteiger charge is 2.10. The number of aryl methyl sites for hydroxylation is 2. The van der Waals surface area contributed by atoms with Gasteiger partial charge in [-0.1, -0.05) is 86.6 Å². The van der Waals surface area contributed by atoms with Gasteiger partial charge in [0.15, 0.2) is 0 Å². The molecule has 48 heavy (non-hydrogen) atoms. The van der Waals surface area contributed by atoms with Crippen molar-refractivity contribution in [2.75, 3.05) is 27.0 Å². The Hall–Kier alpha value is -5.22. The topological polar surface area (TPSA) is 111 Å². The van der Waals surface area contributed by atoms with Gasteiger partial charge in [0, 0.05) is 39.7 Å². The molecule has 1 unspecified atom stereocenters. The molecule has 10 heteroatoms. The number of hydrogen-bond acceptors (Lipinski definition) is 10. The number of benzene rings is 5. The number of nitrogens with one attached hydrogen (secondary N) is 5. The van der Waals surface area contributed by atoms with Crippen LogP contribution in [-0.4, -0.2) is 16.2 Å². The lowest BCUT2D eigenvalue weighted by Crippen LogP contribution is -2.13. The first kappa shape index (κ1) is 32.7. The van der Waals surface area contributed by atoms with Crippen LogP contribution in [0.4, 0.5) is 39.3 Å². The van der Waals surface area contributed by atoms with E-state index in [0.29, 0.717) is 6.04 Å². The highest BCUT2D eigenvalue weighted by Crippen LogP contribution is 2.36. The molecule has 0 aliphatic carbocycles. The van der Waals surface area contributed by atoms with E-state index in [9.17, 15) is 0 Å². The Morgan fingerprint density at radius 3 is 1.96 bits per heavy atom. The fourth-order valence-corrected chi connectivity index (χ4v) is 6.26. The Kier molecular flexibility index (Phi) is 10.6. The van der Waals surface area contributed by atoms with Crippen LogP contribution in [0.3, 0.4) is 0 Å². The lowest BCUT2D eigenvalue weighted by Gasteiger charge is -2.16. The van der Waals surface area contributed by atoms with Gasteiger partial charge in [-0.15, -0.1) is 20.4 Å². The van der Waals surface area contributed by atoms with Crippen LogP contribution in [0.1, 0.15) is 57.0 Å². The SMILES string of the molecule is CCCCCc1nnc(NNc2ccc(NNc3ccc(/N=N/c4ccc(NC(C)CC)c5ccccc45)c4ccccc34)cc2C)s1. The van der Waals surface area contributed by atoms with Gasteiger partial charge in [-0.25, -0.2) is 0 Å². The van der Waals surface area contributed by atoms with Crippen LogP contribution in [0.5, 0.6) is 0 Å². The first-order valence-electron chi connectivity index (χ1n) is 16.7. The number of hydrazine groups is 2. The third-order valence-electron chi connectivity index (χ3n) is 8.41. The van der Waals surface area contributed by atoms with Crippen LogP contribution in [0.15, 0.2) is 101 Å². The highest BCUT2D eigenvalue weighted by molar-refractivity contribution is 7.15. The van der Waals surface area contributed by atoms with Crippen molar-refractivity contribution in [2.45, 2.75) is 65.8 Å². The molecule has 0 aliphatic rings. The average molecular weight is 658 g/mol. The predicted molar refractivity (Wildman–Crippen MR) is 204 cm³/mol. The van der Waals surface area contributed by atoms with E-state index in [1.165, 1.54) is 12.8 Å². The van der Waals surface area contributed by atoms with Crippen molar-refractivity contribution in [3.05, 3.63) is 102 Å². The molecule has 1 atom stereocenters. The van der Waals surface area contributed by atoms with Gasteiger partial charge in [0.25, 0.3) is 0 Å². The maximum absolute atomic E-state index is 4.74. The summed E-state index contributed by atoms with van der Waals surface area (Å²) in [7, 11) is 0. The fraction of sp³-hybridized carbons (Fsp3) is 0.263. The standard InChI is InChI=1S/C38H43N9S/c1-5-7-8-17-37-45-47-38(48-37)46-41-32-19-18-27(24-25(32)3)40-42-34-22-23-36(31-16-12-11-15-30(31)34)44-43-35-21-20-33(39-26(4)6-2)28-13-9-10-14-29(28)35/h9-16,18-24,26,39-42H,5-8,17H2,1-4H3,(H,46,47)/b44-43+. The number of azo groups is 1. The van der Waals surface area contributed by atoms with E-state index in [4.69, 9.17) is 10.2 Å². The number of fused-ring (bicyclic) bond motifs is 2. The van der Waals surface area contributed by atoms with Crippen molar-refractivity contribution >= 4 is 72.1 Å². The van der Waals surface area contributed by atoms with E-state index in [1.807, 2.05) is 48.5 Å². The second-order valence-corrected chi connectivity index (χ2v) is 13.1. The first-order chi connectivity index (χ1) is 23.5. The summed E-state index contributed by atoms with van der Waals surface area (Å²) in [5, 5.41) is 27.7. The minimum atomic E-state index is 0.387. The Morgan fingerprint density at radius 1 is 0.667 bits per heavy atom. The third-order valence-corrected chi connectivity index (χ3v) is 9.31. The first-order valence-corrected chi connectivity index (χ1v) is 17.5. The number of nitrogens with zero attached hydrogens (tertiary/aromatic N) is 4. The zero-order valence-electron chi connectivity index (χ0n) is 28.0. The molecule has 9 nitrogen and oxygen atoms in total. The van der Waals surface area contributed by atoms with E-state index < -0.39 is 0 Å². The van der Waals surface area contributed by atoms with Crippen LogP contribution < -0.4 is 27.0 Å². The number of unbranched alkanes of at least 4 members (excludes halogenated alkanes) is 2. The molecule has 6 rings (SSSR count). The van der Waals surface area contributed by atoms with Crippen LogP contribution in [0.2, 0.25) is 0 Å². The van der Waals surface area contributed by atoms with Crippen molar-refractivity contribution in [3.8, 4) is 0 Å². The molecule has 1 heterocycles. The van der Waals surface area contributed by atoms with Crippen LogP contribution in [-0.2, 0) is 6.42 Å². The van der Waals surface area contributed by atoms with Crippen molar-refractivity contribution in [1.29, 1.82) is 0 Å². The second kappa shape index (κ2) is 15.6. The maximum Gasteiger partial charge on any atom is 0.224 e. The van der Waals surface area contributed by atoms with Crippen molar-refractivity contribution < 1.29 is 0 Å². The molecule has 0 radical (unpaired) electrons. The summed E-state index contributed by atoms with van der Waals surface area (Å²) in [6.07, 6.45) is 5.59. The van der Waals surface area contributed by atoms with Crippen molar-refractivity contribution in [3.63, 3.8) is 0 Å². The molecule has 0 saturated heterocycles. The molecule has 0 spiro atoms. The van der Waals surface area contributed by atoms with Gasteiger partial charge in [0.2, 0.25) is 5.13 Å². The van der Waals surface area contributed by atoms with Gasteiger partial charge in [-0.3, -0.25) is 10.9 Å². The lowest BCUT2D eigenvalue weighted by molar-refractivity contribution is 0.710. The zero-order valence-corrected chi connectivity index (χ0v) is 28.8. The summed E-state index contributed by atoms with van der Waals surface area (Å²) >= 11 is 1.59. The number of rotatable bonds is 15. The summed E-state index contributed by atoms with van der Waals surface area (Å²) in [5.74, 6) is 0. The predicted octanol–water partition coefficient (Wildman–Crippen LogP) is 11.4. The van der Waals surface area contributed by atoms with Gasteiger partial charge < -0.3 is 16.2 Å². The molecule has 5 aromatic carbocycles. The van der Waals surface area contributed by atoms with Crippen molar-refractivity contribution in [2.24, 2.45) is 10.2 Å². The second-order valence-electron chi connectivity index (χ2n) is 12.0. The molecule has 0 bridgehead atoms. The highest BCUT2D eigenvalue weighted by atomic mass is 32.1. The minimum absolute atomic E-state index is 0.387. The molecule has 6 aromatic rings. The monoisotopic (exact) mass is 657 g/mol. The number of anilines is 5. The maximum atomic E-state index is 4.74. The van der Waals surface area contributed by atoms with E-state index >= 15 is 0 Å². The van der Waals surface area contributed by atoms with Gasteiger partial charge >= 0.3 is 0 Å². The lowest BCUT2D eigenvalue weighted by atomic mass is 10.1. The molecular formula is C38H43N9S. The molecule has 1 aromatic heterocycles. The van der Waals surface area contributed by atoms with Gasteiger partial charge in [0.1, 0.15) is 5.01 Å². The minimum Gasteiger partial charge on any atom is -0.382 e. The smallest absolute Gasteiger partial charge is 0.224 e. The molecule has 246 valence electrons. The summed E-state index contributed by atoms with van der Waals surface area (Å²) in [6.45, 7) is 8.66. The molecule has 0 aliphatic heterocycles. The fourth-order valence-electron chi connectivity index (χ4n) is 5.52. The summed E-state index contributed by atoms with van der Waals surface area (Å²) in [6, 6.07) is 31.3. The Balaban J connectivity index is 1.13. The van der Waals surface area contributed by atoms with E-state index in [2.05, 4.69) is 107 Å². The molecule has 0 fully saturated rings. The number of aromatic nitrogens is 2. The Labute approximate surface area is 286 Å². The van der Waals surface area contributed by atoms with Gasteiger partial charge in [-0.2, -0.15) is 0 Å². The summed E-state index contributed by atoms with van der Waals surface area (Å²) in [4.78, 5) is 0. The quantitative estimate of drug-likeness (QED) is 0.0424. The van der Waals surface area contributed by atoms with Crippen molar-refractivity contribution in [1.82, 2.24) is 10.2 Å². The summed E-state index contributed by atoms with van der Waals surface area (Å²) < 4.78 is 0. The van der Waals surface area contributed by atoms with E-state index in [0.717, 1.165) is 90.6 Å². The molecule has 5 N–H and O–H groups in total. The zero-order chi connectivity index (χ0) is 33.3.